The molecular formula is C59H69N11O7S. The Labute approximate surface area is 458 Å². The maximum absolute atomic E-state index is 14.0. The van der Waals surface area contributed by atoms with Crippen molar-refractivity contribution in [2.75, 3.05) is 45.3 Å². The van der Waals surface area contributed by atoms with Gasteiger partial charge in [0.1, 0.15) is 23.4 Å². The van der Waals surface area contributed by atoms with Gasteiger partial charge in [-0.1, -0.05) is 75.4 Å². The first kappa shape index (κ1) is 55.3. The summed E-state index contributed by atoms with van der Waals surface area (Å²) >= 11 is 1.57. The van der Waals surface area contributed by atoms with Gasteiger partial charge in [0, 0.05) is 61.9 Å². The third-order valence-electron chi connectivity index (χ3n) is 14.5. The number of likely N-dealkylation sites (tertiary alicyclic amines) is 1. The Hall–Kier alpha value is -7.42. The number of nitrogen functional groups attached to an aromatic ring is 1. The number of hydrogen-bond donors (Lipinski definition) is 6. The molecule has 8 N–H and O–H groups in total. The molecule has 408 valence electrons. The molecule has 4 aromatic heterocycles. The highest BCUT2D eigenvalue weighted by Gasteiger charge is 2.44. The van der Waals surface area contributed by atoms with E-state index in [1.165, 1.54) is 4.90 Å². The van der Waals surface area contributed by atoms with Crippen LogP contribution in [-0.4, -0.2) is 116 Å². The Morgan fingerprint density at radius 3 is 2.32 bits per heavy atom. The van der Waals surface area contributed by atoms with E-state index in [1.807, 2.05) is 105 Å². The summed E-state index contributed by atoms with van der Waals surface area (Å²) in [5.74, 6) is -0.290. The minimum absolute atomic E-state index is 0.000960. The number of thiazole rings is 1. The summed E-state index contributed by atoms with van der Waals surface area (Å²) in [5, 5.41) is 19.3. The minimum Gasteiger partial charge on any atom is -0.391 e. The van der Waals surface area contributed by atoms with E-state index in [4.69, 9.17) is 30.9 Å². The smallest absolute Gasteiger partial charge is 0.246 e. The number of amides is 4. The molecule has 1 saturated carbocycles. The number of imidazole rings is 1. The normalized spacial score (nSPS) is 16.4. The van der Waals surface area contributed by atoms with Crippen LogP contribution in [0.15, 0.2) is 109 Å². The number of aliphatic hydroxyl groups is 1. The van der Waals surface area contributed by atoms with Crippen molar-refractivity contribution < 1.29 is 33.8 Å². The molecule has 9 rings (SSSR count). The van der Waals surface area contributed by atoms with Gasteiger partial charge in [-0.05, 0) is 103 Å². The first-order valence-electron chi connectivity index (χ1n) is 26.6. The van der Waals surface area contributed by atoms with E-state index < -0.39 is 29.5 Å². The van der Waals surface area contributed by atoms with Gasteiger partial charge in [-0.25, -0.2) is 19.9 Å². The molecule has 2 aliphatic rings. The lowest BCUT2D eigenvalue weighted by molar-refractivity contribution is -0.144. The lowest BCUT2D eigenvalue weighted by Crippen LogP contribution is -2.57. The molecule has 3 atom stereocenters. The number of carbonyl (C=O) groups excluding carboxylic acids is 4. The molecule has 1 unspecified atom stereocenters. The summed E-state index contributed by atoms with van der Waals surface area (Å²) in [6.07, 6.45) is 4.74. The summed E-state index contributed by atoms with van der Waals surface area (Å²) in [4.78, 5) is 74.8. The van der Waals surface area contributed by atoms with Crippen LogP contribution in [-0.2, 0) is 47.2 Å². The van der Waals surface area contributed by atoms with Crippen LogP contribution in [0, 0.1) is 12.3 Å². The van der Waals surface area contributed by atoms with Gasteiger partial charge in [-0.2, -0.15) is 0 Å². The number of anilines is 1. The van der Waals surface area contributed by atoms with Gasteiger partial charge in [-0.15, -0.1) is 11.3 Å². The molecule has 3 aromatic carbocycles. The van der Waals surface area contributed by atoms with Gasteiger partial charge >= 0.3 is 0 Å². The number of ether oxygens (including phenoxy) is 2. The van der Waals surface area contributed by atoms with E-state index in [0.717, 1.165) is 69.0 Å². The fourth-order valence-corrected chi connectivity index (χ4v) is 10.7. The highest BCUT2D eigenvalue weighted by Crippen LogP contribution is 2.40. The van der Waals surface area contributed by atoms with Crippen LogP contribution in [0.3, 0.4) is 0 Å². The number of pyridine rings is 2. The highest BCUT2D eigenvalue weighted by atomic mass is 32.1. The molecule has 1 aliphatic heterocycles. The summed E-state index contributed by atoms with van der Waals surface area (Å²) in [7, 11) is 0. The second-order valence-electron chi connectivity index (χ2n) is 21.3. The molecule has 0 bridgehead atoms. The molecule has 0 radical (unpaired) electrons. The van der Waals surface area contributed by atoms with Gasteiger partial charge in [0.15, 0.2) is 11.5 Å². The Bertz CT molecular complexity index is 3240. The van der Waals surface area contributed by atoms with Crippen molar-refractivity contribution >= 4 is 51.9 Å². The van der Waals surface area contributed by atoms with Gasteiger partial charge in [0.25, 0.3) is 0 Å². The zero-order chi connectivity index (χ0) is 55.0. The summed E-state index contributed by atoms with van der Waals surface area (Å²) in [5.41, 5.74) is 23.5. The number of aryl methyl sites for hydroxylation is 2. The number of β-amino-alcohol motifs (C(OH)–C–C–N with tert-alkyl or cyclic N) is 1. The number of benzene rings is 3. The quantitative estimate of drug-likeness (QED) is 0.0383. The van der Waals surface area contributed by atoms with Crippen molar-refractivity contribution in [1.82, 2.24) is 45.4 Å². The molecule has 78 heavy (non-hydrogen) atoms. The van der Waals surface area contributed by atoms with Crippen LogP contribution in [0.2, 0.25) is 0 Å². The number of nitrogens with two attached hydrogens (primary N) is 2. The van der Waals surface area contributed by atoms with Crippen molar-refractivity contribution in [3.8, 4) is 38.8 Å². The molecule has 7 aromatic rings. The average molecular weight is 1080 g/mol. The summed E-state index contributed by atoms with van der Waals surface area (Å²) in [6, 6.07) is 30.0. The van der Waals surface area contributed by atoms with Gasteiger partial charge in [0.05, 0.1) is 59.9 Å². The van der Waals surface area contributed by atoms with Crippen LogP contribution < -0.4 is 27.4 Å². The topological polar surface area (TPSA) is 255 Å². The third kappa shape index (κ3) is 13.1. The minimum atomic E-state index is -0.951. The molecule has 1 aliphatic carbocycles. The zero-order valence-corrected chi connectivity index (χ0v) is 45.5. The van der Waals surface area contributed by atoms with Crippen molar-refractivity contribution in [2.24, 2.45) is 11.1 Å². The molecule has 0 spiro atoms. The Kier molecular flexibility index (Phi) is 17.4. The Morgan fingerprint density at radius 1 is 0.846 bits per heavy atom. The Balaban J connectivity index is 0.691. The number of aliphatic hydroxyl groups excluding tert-OH is 1. The number of nitrogens with zero attached hydrogens (tertiary/aromatic N) is 6. The number of hydrogen-bond acceptors (Lipinski definition) is 14. The Morgan fingerprint density at radius 2 is 1.62 bits per heavy atom. The highest BCUT2D eigenvalue weighted by molar-refractivity contribution is 7.13. The fourth-order valence-electron chi connectivity index (χ4n) is 9.93. The third-order valence-corrected chi connectivity index (χ3v) is 15.5. The standard InChI is InChI=1S/C59H69N11O7S/c1-37-51(78-36-65-37)40-14-11-39(12-15-40)34-64-56(74)48-33-44(71)35-69(48)57(75)52(58(2,3)4)68-50(73)23-28-76-30-31-77-29-27-62-49(72)22-13-38-8-5-9-41(32-38)46-20-21-47-55(66-46)70(54(67-47)45-10-6-26-63-53(45)60)43-18-16-42(17-19-43)59(61)24-7-25-59/h5-6,8-12,14-21,26,32,36,44,48,52,71H,7,13,22-25,27-31,33-35,61H2,1-4H3,(H2,60,63)(H,62,72)(H,64,74)(H,68,73)/t44-,48+,52?/m1/s1. The molecule has 4 amide bonds. The van der Waals surface area contributed by atoms with E-state index in [2.05, 4.69) is 56.3 Å². The molecule has 2 fully saturated rings. The van der Waals surface area contributed by atoms with Crippen LogP contribution >= 0.6 is 11.3 Å². The number of fused-ring (bicyclic) bond motifs is 1. The predicted octanol–water partition coefficient (Wildman–Crippen LogP) is 6.78. The first-order valence-corrected chi connectivity index (χ1v) is 27.5. The van der Waals surface area contributed by atoms with Crippen molar-refractivity contribution in [3.05, 3.63) is 131 Å². The number of nitrogens with one attached hydrogen (secondary N) is 3. The SMILES string of the molecule is Cc1ncsc1-c1ccc(CNC(=O)[C@@H]2C[C@@H](O)CN2C(=O)C(NC(=O)CCOCCOCCNC(=O)CCc2cccc(-c3ccc4nc(-c5cccnc5N)n(-c5ccc(C6(N)CCC6)cc5)c4n3)c2)C(C)(C)C)cc1. The van der Waals surface area contributed by atoms with Gasteiger partial charge in [-0.3, -0.25) is 23.7 Å². The monoisotopic (exact) mass is 1080 g/mol. The van der Waals surface area contributed by atoms with Crippen LogP contribution in [0.25, 0.3) is 49.9 Å². The average Bonchev–Trinajstić information content (AvgIpc) is 4.28. The van der Waals surface area contributed by atoms with E-state index >= 15 is 0 Å². The van der Waals surface area contributed by atoms with Gasteiger partial charge < -0.3 is 46.9 Å². The second-order valence-corrected chi connectivity index (χ2v) is 22.1. The maximum Gasteiger partial charge on any atom is 0.246 e. The lowest BCUT2D eigenvalue weighted by Gasteiger charge is -2.38. The van der Waals surface area contributed by atoms with Crippen LogP contribution in [0.1, 0.15) is 81.7 Å². The first-order chi connectivity index (χ1) is 37.5. The largest absolute Gasteiger partial charge is 0.391 e. The van der Waals surface area contributed by atoms with Crippen LogP contribution in [0.5, 0.6) is 0 Å². The lowest BCUT2D eigenvalue weighted by atomic mass is 9.73. The molecule has 19 heteroatoms. The van der Waals surface area contributed by atoms with E-state index in [1.54, 1.807) is 17.5 Å². The zero-order valence-electron chi connectivity index (χ0n) is 44.7. The van der Waals surface area contributed by atoms with E-state index in [9.17, 15) is 24.3 Å². The maximum atomic E-state index is 14.0. The van der Waals surface area contributed by atoms with Crippen molar-refractivity contribution in [2.45, 2.75) is 103 Å². The number of carbonyl (C=O) groups is 4. The molecular weight excluding hydrogens is 1010 g/mol. The van der Waals surface area contributed by atoms with Crippen molar-refractivity contribution in [1.29, 1.82) is 0 Å². The van der Waals surface area contributed by atoms with E-state index in [0.29, 0.717) is 41.3 Å². The molecule has 18 nitrogen and oxygen atoms in total. The van der Waals surface area contributed by atoms with E-state index in [-0.39, 0.29) is 82.0 Å². The molecule has 5 heterocycles. The second kappa shape index (κ2) is 24.5. The van der Waals surface area contributed by atoms with Gasteiger partial charge in [0.2, 0.25) is 23.6 Å². The summed E-state index contributed by atoms with van der Waals surface area (Å²) in [6.45, 7) is 8.90. The number of rotatable bonds is 22. The predicted molar refractivity (Wildman–Crippen MR) is 301 cm³/mol. The molecule has 1 saturated heterocycles. The van der Waals surface area contributed by atoms with Crippen LogP contribution in [0.4, 0.5) is 5.82 Å². The van der Waals surface area contributed by atoms with Crippen molar-refractivity contribution in [3.63, 3.8) is 0 Å². The summed E-state index contributed by atoms with van der Waals surface area (Å²) < 4.78 is 13.3. The number of aromatic nitrogens is 5. The fraction of sp³-hybridized carbons (Fsp3) is 0.390.